The number of fused-ring (bicyclic) bond motifs is 1. The fraction of sp³-hybridized carbons (Fsp3) is 0.190. The van der Waals surface area contributed by atoms with E-state index >= 15 is 0 Å². The smallest absolute Gasteiger partial charge is 0.325 e. The number of nitro groups is 1. The van der Waals surface area contributed by atoms with Crippen molar-refractivity contribution in [2.75, 3.05) is 6.61 Å². The van der Waals surface area contributed by atoms with Crippen LogP contribution in [0, 0.1) is 17.0 Å². The fourth-order valence-corrected chi connectivity index (χ4v) is 3.20. The largest absolute Gasteiger partial charge is 0.507 e. The van der Waals surface area contributed by atoms with Crippen LogP contribution in [0.25, 0.3) is 10.9 Å². The first kappa shape index (κ1) is 21.5. The Morgan fingerprint density at radius 3 is 2.74 bits per heavy atom. The molecule has 10 nitrogen and oxygen atoms in total. The van der Waals surface area contributed by atoms with E-state index in [1.54, 1.807) is 11.5 Å². The number of hydrogen-bond acceptors (Lipinski definition) is 7. The highest BCUT2D eigenvalue weighted by Gasteiger charge is 2.17. The van der Waals surface area contributed by atoms with Gasteiger partial charge in [0.2, 0.25) is 0 Å². The third-order valence-corrected chi connectivity index (χ3v) is 4.67. The summed E-state index contributed by atoms with van der Waals surface area (Å²) in [6, 6.07) is 10.5. The first-order chi connectivity index (χ1) is 14.8. The SMILES string of the molecule is CCOC(=O)Cn1c(C)c(C=NNC(=O)c2cc([N+](=O)[O-])ccc2O)c2ccccc21. The van der Waals surface area contributed by atoms with E-state index in [1.807, 2.05) is 31.2 Å². The van der Waals surface area contributed by atoms with Gasteiger partial charge in [0.1, 0.15) is 12.3 Å². The van der Waals surface area contributed by atoms with Crippen LogP contribution in [0.3, 0.4) is 0 Å². The zero-order valence-electron chi connectivity index (χ0n) is 16.9. The zero-order valence-corrected chi connectivity index (χ0v) is 16.9. The third-order valence-electron chi connectivity index (χ3n) is 4.67. The summed E-state index contributed by atoms with van der Waals surface area (Å²) in [6.07, 6.45) is 1.42. The summed E-state index contributed by atoms with van der Waals surface area (Å²) in [5.74, 6) is -1.57. The number of nitro benzene ring substituents is 1. The topological polar surface area (TPSA) is 136 Å². The summed E-state index contributed by atoms with van der Waals surface area (Å²) < 4.78 is 6.83. The highest BCUT2D eigenvalue weighted by atomic mass is 16.6. The minimum absolute atomic E-state index is 0.0297. The number of non-ortho nitro benzene ring substituents is 1. The molecule has 0 atom stereocenters. The van der Waals surface area contributed by atoms with E-state index in [4.69, 9.17) is 4.74 Å². The van der Waals surface area contributed by atoms with Gasteiger partial charge >= 0.3 is 5.97 Å². The Hall–Kier alpha value is -4.21. The van der Waals surface area contributed by atoms with Gasteiger partial charge in [-0.05, 0) is 26.0 Å². The van der Waals surface area contributed by atoms with Crippen molar-refractivity contribution in [3.63, 3.8) is 0 Å². The number of phenols is 1. The molecule has 0 aliphatic rings. The molecule has 0 aliphatic heterocycles. The van der Waals surface area contributed by atoms with Crippen molar-refractivity contribution in [3.05, 3.63) is 69.4 Å². The average Bonchev–Trinajstić information content (AvgIpc) is 3.00. The van der Waals surface area contributed by atoms with Gasteiger partial charge in [0.05, 0.1) is 23.3 Å². The van der Waals surface area contributed by atoms with E-state index in [-0.39, 0.29) is 30.4 Å². The van der Waals surface area contributed by atoms with Gasteiger partial charge in [0, 0.05) is 34.3 Å². The van der Waals surface area contributed by atoms with E-state index in [9.17, 15) is 24.8 Å². The monoisotopic (exact) mass is 424 g/mol. The van der Waals surface area contributed by atoms with Crippen LogP contribution < -0.4 is 5.43 Å². The lowest BCUT2D eigenvalue weighted by Crippen LogP contribution is -2.18. The van der Waals surface area contributed by atoms with Gasteiger partial charge in [-0.15, -0.1) is 0 Å². The molecule has 31 heavy (non-hydrogen) atoms. The van der Waals surface area contributed by atoms with E-state index in [0.29, 0.717) is 5.56 Å². The van der Waals surface area contributed by atoms with Crippen molar-refractivity contribution in [3.8, 4) is 5.75 Å². The molecule has 0 fully saturated rings. The lowest BCUT2D eigenvalue weighted by atomic mass is 10.1. The van der Waals surface area contributed by atoms with Crippen molar-refractivity contribution in [1.29, 1.82) is 0 Å². The minimum Gasteiger partial charge on any atom is -0.507 e. The number of aromatic nitrogens is 1. The highest BCUT2D eigenvalue weighted by molar-refractivity contribution is 6.02. The summed E-state index contributed by atoms with van der Waals surface area (Å²) >= 11 is 0. The zero-order chi connectivity index (χ0) is 22.5. The lowest BCUT2D eigenvalue weighted by molar-refractivity contribution is -0.384. The molecule has 3 rings (SSSR count). The average molecular weight is 424 g/mol. The van der Waals surface area contributed by atoms with E-state index < -0.39 is 16.6 Å². The number of nitrogens with zero attached hydrogens (tertiary/aromatic N) is 3. The van der Waals surface area contributed by atoms with E-state index in [0.717, 1.165) is 34.8 Å². The third kappa shape index (κ3) is 4.53. The van der Waals surface area contributed by atoms with Crippen molar-refractivity contribution in [1.82, 2.24) is 9.99 Å². The molecule has 0 bridgehead atoms. The van der Waals surface area contributed by atoms with Gasteiger partial charge < -0.3 is 14.4 Å². The molecule has 3 aromatic rings. The first-order valence-corrected chi connectivity index (χ1v) is 9.37. The number of para-hydroxylation sites is 1. The van der Waals surface area contributed by atoms with Crippen LogP contribution in [0.4, 0.5) is 5.69 Å². The predicted octanol–water partition coefficient (Wildman–Crippen LogP) is 2.89. The molecule has 1 heterocycles. The summed E-state index contributed by atoms with van der Waals surface area (Å²) in [5, 5.41) is 25.5. The number of rotatable bonds is 7. The van der Waals surface area contributed by atoms with Crippen molar-refractivity contribution < 1.29 is 24.4 Å². The maximum Gasteiger partial charge on any atom is 0.325 e. The van der Waals surface area contributed by atoms with Crippen molar-refractivity contribution >= 4 is 34.7 Å². The Kier molecular flexibility index (Phi) is 6.29. The van der Waals surface area contributed by atoms with Crippen LogP contribution in [-0.4, -0.2) is 39.3 Å². The second-order valence-electron chi connectivity index (χ2n) is 6.57. The molecule has 0 spiro atoms. The molecule has 1 amide bonds. The molecular formula is C21H20N4O6. The van der Waals surface area contributed by atoms with E-state index in [1.165, 1.54) is 6.21 Å². The van der Waals surface area contributed by atoms with Gasteiger partial charge in [0.25, 0.3) is 11.6 Å². The number of hydrazone groups is 1. The summed E-state index contributed by atoms with van der Waals surface area (Å²) in [5.41, 5.74) is 3.89. The maximum atomic E-state index is 12.3. The van der Waals surface area contributed by atoms with Crippen LogP contribution in [-0.2, 0) is 16.1 Å². The molecule has 1 aromatic heterocycles. The molecular weight excluding hydrogens is 404 g/mol. The number of amides is 1. The van der Waals surface area contributed by atoms with Gasteiger partial charge in [-0.1, -0.05) is 18.2 Å². The van der Waals surface area contributed by atoms with Crippen LogP contribution in [0.5, 0.6) is 5.75 Å². The molecule has 10 heteroatoms. The molecule has 0 saturated carbocycles. The quantitative estimate of drug-likeness (QED) is 0.259. The van der Waals surface area contributed by atoms with Crippen LogP contribution >= 0.6 is 0 Å². The highest BCUT2D eigenvalue weighted by Crippen LogP contribution is 2.25. The molecule has 0 saturated heterocycles. The number of benzene rings is 2. The molecule has 0 aliphatic carbocycles. The molecule has 0 radical (unpaired) electrons. The van der Waals surface area contributed by atoms with Crippen molar-refractivity contribution in [2.24, 2.45) is 5.10 Å². The van der Waals surface area contributed by atoms with Crippen LogP contribution in [0.1, 0.15) is 28.5 Å². The molecule has 2 aromatic carbocycles. The number of phenolic OH excluding ortho intramolecular Hbond substituents is 1. The number of ether oxygens (including phenoxy) is 1. The Morgan fingerprint density at radius 1 is 1.29 bits per heavy atom. The number of carbonyl (C=O) groups is 2. The van der Waals surface area contributed by atoms with Crippen LogP contribution in [0.2, 0.25) is 0 Å². The Balaban J connectivity index is 1.88. The summed E-state index contributed by atoms with van der Waals surface area (Å²) in [4.78, 5) is 34.5. The minimum atomic E-state index is -0.801. The number of aromatic hydroxyl groups is 1. The normalized spacial score (nSPS) is 11.0. The van der Waals surface area contributed by atoms with Gasteiger partial charge in [-0.3, -0.25) is 19.7 Å². The Bertz CT molecular complexity index is 1200. The molecule has 2 N–H and O–H groups in total. The standard InChI is InChI=1S/C21H20N4O6/c1-3-31-20(27)12-24-13(2)17(15-6-4-5-7-18(15)24)11-22-23-21(28)16-10-14(25(29)30)8-9-19(16)26/h4-11,26H,3,12H2,1-2H3,(H,23,28). The molecule has 0 unspecified atom stereocenters. The number of nitrogens with one attached hydrogen (secondary N) is 1. The fourth-order valence-electron chi connectivity index (χ4n) is 3.20. The second kappa shape index (κ2) is 9.08. The van der Waals surface area contributed by atoms with Crippen molar-refractivity contribution in [2.45, 2.75) is 20.4 Å². The first-order valence-electron chi connectivity index (χ1n) is 9.37. The lowest BCUT2D eigenvalue weighted by Gasteiger charge is -2.07. The van der Waals surface area contributed by atoms with E-state index in [2.05, 4.69) is 10.5 Å². The van der Waals surface area contributed by atoms with Gasteiger partial charge in [-0.25, -0.2) is 5.43 Å². The molecule has 160 valence electrons. The second-order valence-corrected chi connectivity index (χ2v) is 6.57. The number of carbonyl (C=O) groups excluding carboxylic acids is 2. The van der Waals surface area contributed by atoms with Gasteiger partial charge in [-0.2, -0.15) is 5.10 Å². The Labute approximate surface area is 176 Å². The number of hydrogen-bond donors (Lipinski definition) is 2. The predicted molar refractivity (Wildman–Crippen MR) is 113 cm³/mol. The Morgan fingerprint density at radius 2 is 2.03 bits per heavy atom. The van der Waals surface area contributed by atoms with Gasteiger partial charge in [0.15, 0.2) is 0 Å². The maximum absolute atomic E-state index is 12.3. The summed E-state index contributed by atoms with van der Waals surface area (Å²) in [6.45, 7) is 3.86. The summed E-state index contributed by atoms with van der Waals surface area (Å²) in [7, 11) is 0. The number of esters is 1. The van der Waals surface area contributed by atoms with Crippen LogP contribution in [0.15, 0.2) is 47.6 Å².